The summed E-state index contributed by atoms with van der Waals surface area (Å²) in [7, 11) is 1.93. The lowest BCUT2D eigenvalue weighted by Gasteiger charge is -2.31. The van der Waals surface area contributed by atoms with E-state index in [1.54, 1.807) is 0 Å². The highest BCUT2D eigenvalue weighted by Gasteiger charge is 2.38. The summed E-state index contributed by atoms with van der Waals surface area (Å²) in [4.78, 5) is 18.8. The minimum Gasteiger partial charge on any atom is -0.342 e. The van der Waals surface area contributed by atoms with E-state index in [1.807, 2.05) is 22.8 Å². The first-order chi connectivity index (χ1) is 11.6. The zero-order valence-electron chi connectivity index (χ0n) is 14.2. The molecule has 2 atom stereocenters. The second-order valence-corrected chi connectivity index (χ2v) is 7.14. The molecule has 0 spiro atoms. The number of aromatic nitrogens is 4. The Morgan fingerprint density at radius 2 is 2.12 bits per heavy atom. The van der Waals surface area contributed by atoms with Crippen LogP contribution < -0.4 is 0 Å². The molecule has 0 N–H and O–H groups in total. The molecule has 7 nitrogen and oxygen atoms in total. The molecule has 0 aromatic carbocycles. The molecule has 1 amide bonds. The van der Waals surface area contributed by atoms with Crippen LogP contribution in [0.3, 0.4) is 0 Å². The van der Waals surface area contributed by atoms with Crippen LogP contribution in [0.1, 0.15) is 55.3 Å². The van der Waals surface area contributed by atoms with Crippen molar-refractivity contribution in [3.63, 3.8) is 0 Å². The van der Waals surface area contributed by atoms with Crippen LogP contribution in [0.25, 0.3) is 0 Å². The molecule has 3 heterocycles. The summed E-state index contributed by atoms with van der Waals surface area (Å²) in [6.07, 6.45) is 7.29. The Kier molecular flexibility index (Phi) is 3.86. The predicted molar refractivity (Wildman–Crippen MR) is 86.3 cm³/mol. The van der Waals surface area contributed by atoms with Crippen molar-refractivity contribution < 1.29 is 9.32 Å². The van der Waals surface area contributed by atoms with Crippen LogP contribution in [-0.4, -0.2) is 43.8 Å². The second kappa shape index (κ2) is 6.03. The molecule has 24 heavy (non-hydrogen) atoms. The van der Waals surface area contributed by atoms with E-state index in [2.05, 4.69) is 28.4 Å². The largest absolute Gasteiger partial charge is 0.342 e. The highest BCUT2D eigenvalue weighted by molar-refractivity contribution is 5.77. The van der Waals surface area contributed by atoms with Gasteiger partial charge in [-0.05, 0) is 36.7 Å². The molecule has 1 saturated carbocycles. The number of rotatable bonds is 4. The fourth-order valence-electron chi connectivity index (χ4n) is 3.53. The predicted octanol–water partition coefficient (Wildman–Crippen LogP) is 1.88. The van der Waals surface area contributed by atoms with E-state index in [0.717, 1.165) is 38.2 Å². The van der Waals surface area contributed by atoms with Crippen LogP contribution >= 0.6 is 0 Å². The standard InChI is InChI=1S/C17H23N5O2/c1-11-7-14(11)17-19-15(24-20-17)8-16(23)22-5-3-12(4-6-22)13-9-18-21(2)10-13/h9-12,14H,3-8H2,1-2H3. The highest BCUT2D eigenvalue weighted by atomic mass is 16.5. The third-order valence-electron chi connectivity index (χ3n) is 5.27. The first-order valence-corrected chi connectivity index (χ1v) is 8.69. The van der Waals surface area contributed by atoms with Gasteiger partial charge in [-0.15, -0.1) is 0 Å². The normalized spacial score (nSPS) is 24.3. The lowest BCUT2D eigenvalue weighted by Crippen LogP contribution is -2.38. The quantitative estimate of drug-likeness (QED) is 0.856. The molecule has 128 valence electrons. The fourth-order valence-corrected chi connectivity index (χ4v) is 3.53. The second-order valence-electron chi connectivity index (χ2n) is 7.14. The first-order valence-electron chi connectivity index (χ1n) is 8.69. The minimum atomic E-state index is 0.0821. The Balaban J connectivity index is 1.30. The molecule has 7 heteroatoms. The van der Waals surface area contributed by atoms with Gasteiger partial charge in [-0.3, -0.25) is 9.48 Å². The van der Waals surface area contributed by atoms with Crippen molar-refractivity contribution in [2.75, 3.05) is 13.1 Å². The molecule has 2 aromatic heterocycles. The van der Waals surface area contributed by atoms with E-state index in [9.17, 15) is 4.79 Å². The Morgan fingerprint density at radius 1 is 1.38 bits per heavy atom. The van der Waals surface area contributed by atoms with E-state index in [4.69, 9.17) is 4.52 Å². The number of piperidine rings is 1. The van der Waals surface area contributed by atoms with Crippen molar-refractivity contribution in [3.8, 4) is 0 Å². The third kappa shape index (κ3) is 3.07. The summed E-state index contributed by atoms with van der Waals surface area (Å²) < 4.78 is 7.08. The average Bonchev–Trinajstić information content (AvgIpc) is 2.98. The number of carbonyl (C=O) groups excluding carboxylic acids is 1. The van der Waals surface area contributed by atoms with Crippen LogP contribution in [0.2, 0.25) is 0 Å². The van der Waals surface area contributed by atoms with Gasteiger partial charge in [0.1, 0.15) is 6.42 Å². The van der Waals surface area contributed by atoms with Crippen molar-refractivity contribution >= 4 is 5.91 Å². The Labute approximate surface area is 141 Å². The van der Waals surface area contributed by atoms with Gasteiger partial charge in [0.25, 0.3) is 0 Å². The maximum atomic E-state index is 12.5. The van der Waals surface area contributed by atoms with Crippen molar-refractivity contribution in [1.82, 2.24) is 24.8 Å². The minimum absolute atomic E-state index is 0.0821. The summed E-state index contributed by atoms with van der Waals surface area (Å²) in [5, 5.41) is 8.25. The van der Waals surface area contributed by atoms with Crippen LogP contribution in [0.15, 0.2) is 16.9 Å². The van der Waals surface area contributed by atoms with Gasteiger partial charge in [0, 0.05) is 32.3 Å². The van der Waals surface area contributed by atoms with E-state index in [1.165, 1.54) is 5.56 Å². The fraction of sp³-hybridized carbons (Fsp3) is 0.647. The number of aryl methyl sites for hydroxylation is 1. The third-order valence-corrected chi connectivity index (χ3v) is 5.27. The lowest BCUT2D eigenvalue weighted by molar-refractivity contribution is -0.131. The molecular weight excluding hydrogens is 306 g/mol. The zero-order valence-corrected chi connectivity index (χ0v) is 14.2. The molecule has 0 bridgehead atoms. The number of likely N-dealkylation sites (tertiary alicyclic amines) is 1. The van der Waals surface area contributed by atoms with E-state index in [0.29, 0.717) is 23.6 Å². The smallest absolute Gasteiger partial charge is 0.236 e. The molecule has 2 aromatic rings. The molecular formula is C17H23N5O2. The van der Waals surface area contributed by atoms with Gasteiger partial charge >= 0.3 is 0 Å². The molecule has 1 aliphatic heterocycles. The molecule has 1 aliphatic carbocycles. The number of carbonyl (C=O) groups is 1. The summed E-state index contributed by atoms with van der Waals surface area (Å²) >= 11 is 0. The van der Waals surface area contributed by atoms with Crippen molar-refractivity contribution in [2.45, 2.75) is 44.4 Å². The molecule has 4 rings (SSSR count). The van der Waals surface area contributed by atoms with Gasteiger partial charge in [-0.25, -0.2) is 0 Å². The maximum Gasteiger partial charge on any atom is 0.236 e. The van der Waals surface area contributed by atoms with Crippen molar-refractivity contribution in [3.05, 3.63) is 29.7 Å². The van der Waals surface area contributed by atoms with Crippen molar-refractivity contribution in [1.29, 1.82) is 0 Å². The Hall–Kier alpha value is -2.18. The molecule has 2 fully saturated rings. The number of nitrogens with zero attached hydrogens (tertiary/aromatic N) is 5. The summed E-state index contributed by atoms with van der Waals surface area (Å²) in [6.45, 7) is 3.73. The molecule has 0 radical (unpaired) electrons. The van der Waals surface area contributed by atoms with Gasteiger partial charge < -0.3 is 9.42 Å². The lowest BCUT2D eigenvalue weighted by atomic mass is 9.91. The number of hydrogen-bond acceptors (Lipinski definition) is 5. The first kappa shape index (κ1) is 15.4. The van der Waals surface area contributed by atoms with Gasteiger partial charge in [-0.2, -0.15) is 10.1 Å². The highest BCUT2D eigenvalue weighted by Crippen LogP contribution is 2.45. The van der Waals surface area contributed by atoms with Crippen LogP contribution in [-0.2, 0) is 18.3 Å². The monoisotopic (exact) mass is 329 g/mol. The Bertz CT molecular complexity index is 729. The van der Waals surface area contributed by atoms with Crippen LogP contribution in [0.5, 0.6) is 0 Å². The van der Waals surface area contributed by atoms with Gasteiger partial charge in [0.05, 0.1) is 6.20 Å². The molecule has 2 unspecified atom stereocenters. The maximum absolute atomic E-state index is 12.5. The summed E-state index contributed by atoms with van der Waals surface area (Å²) in [5.74, 6) is 2.85. The average molecular weight is 329 g/mol. The molecule has 1 saturated heterocycles. The Morgan fingerprint density at radius 3 is 2.75 bits per heavy atom. The van der Waals surface area contributed by atoms with E-state index >= 15 is 0 Å². The van der Waals surface area contributed by atoms with Crippen LogP contribution in [0, 0.1) is 5.92 Å². The van der Waals surface area contributed by atoms with Gasteiger partial charge in [-0.1, -0.05) is 12.1 Å². The summed E-state index contributed by atoms with van der Waals surface area (Å²) in [6, 6.07) is 0. The topological polar surface area (TPSA) is 77.0 Å². The van der Waals surface area contributed by atoms with Crippen LogP contribution in [0.4, 0.5) is 0 Å². The van der Waals surface area contributed by atoms with Gasteiger partial charge in [0.2, 0.25) is 11.8 Å². The number of amides is 1. The zero-order chi connectivity index (χ0) is 16.7. The van der Waals surface area contributed by atoms with Crippen molar-refractivity contribution in [2.24, 2.45) is 13.0 Å². The van der Waals surface area contributed by atoms with E-state index < -0.39 is 0 Å². The summed E-state index contributed by atoms with van der Waals surface area (Å²) in [5.41, 5.74) is 1.27. The SMILES string of the molecule is CC1CC1c1noc(CC(=O)N2CCC(c3cnn(C)c3)CC2)n1. The van der Waals surface area contributed by atoms with Gasteiger partial charge in [0.15, 0.2) is 5.82 Å². The van der Waals surface area contributed by atoms with E-state index in [-0.39, 0.29) is 12.3 Å². The number of hydrogen-bond donors (Lipinski definition) is 0. The molecule has 2 aliphatic rings.